The van der Waals surface area contributed by atoms with E-state index in [0.717, 1.165) is 6.42 Å². The van der Waals surface area contributed by atoms with Crippen LogP contribution in [0.25, 0.3) is 0 Å². The second-order valence-corrected chi connectivity index (χ2v) is 3.59. The Labute approximate surface area is 94.8 Å². The summed E-state index contributed by atoms with van der Waals surface area (Å²) in [5.41, 5.74) is 0. The molecule has 0 aromatic carbocycles. The van der Waals surface area contributed by atoms with Crippen LogP contribution in [0.15, 0.2) is 22.8 Å². The van der Waals surface area contributed by atoms with Gasteiger partial charge in [0.25, 0.3) is 0 Å². The van der Waals surface area contributed by atoms with Crippen molar-refractivity contribution in [2.45, 2.75) is 32.4 Å². The predicted molar refractivity (Wildman–Crippen MR) is 59.9 cm³/mol. The van der Waals surface area contributed by atoms with E-state index in [-0.39, 0.29) is 12.6 Å². The summed E-state index contributed by atoms with van der Waals surface area (Å²) in [6.45, 7) is 2.61. The fraction of sp³-hybridized carbons (Fsp3) is 0.545. The van der Waals surface area contributed by atoms with Crippen molar-refractivity contribution in [1.82, 2.24) is 10.6 Å². The molecule has 0 radical (unpaired) electrons. The van der Waals surface area contributed by atoms with Gasteiger partial charge in [-0.05, 0) is 18.6 Å². The first-order chi connectivity index (χ1) is 7.72. The summed E-state index contributed by atoms with van der Waals surface area (Å²) >= 11 is 0. The molecule has 1 atom stereocenters. The van der Waals surface area contributed by atoms with Gasteiger partial charge in [-0.25, -0.2) is 4.79 Å². The first-order valence-corrected chi connectivity index (χ1v) is 5.44. The Hall–Kier alpha value is -1.49. The number of hydrogen-bond donors (Lipinski definition) is 3. The van der Waals surface area contributed by atoms with Crippen molar-refractivity contribution in [1.29, 1.82) is 0 Å². The molecular weight excluding hydrogens is 208 g/mol. The van der Waals surface area contributed by atoms with Crippen LogP contribution in [-0.4, -0.2) is 23.8 Å². The van der Waals surface area contributed by atoms with Gasteiger partial charge in [-0.15, -0.1) is 0 Å². The molecule has 0 aliphatic carbocycles. The molecule has 0 aliphatic rings. The molecule has 3 N–H and O–H groups in total. The number of amides is 2. The van der Waals surface area contributed by atoms with Crippen LogP contribution in [0.3, 0.4) is 0 Å². The third-order valence-electron chi connectivity index (χ3n) is 2.12. The SMILES string of the molecule is CCCC(O)CNC(=O)NCc1ccco1. The van der Waals surface area contributed by atoms with Crippen molar-refractivity contribution in [3.63, 3.8) is 0 Å². The zero-order valence-corrected chi connectivity index (χ0v) is 9.40. The van der Waals surface area contributed by atoms with Crippen molar-refractivity contribution in [2.24, 2.45) is 0 Å². The van der Waals surface area contributed by atoms with E-state index in [9.17, 15) is 9.90 Å². The van der Waals surface area contributed by atoms with E-state index in [1.807, 2.05) is 6.92 Å². The minimum atomic E-state index is -0.473. The lowest BCUT2D eigenvalue weighted by atomic mass is 10.2. The smallest absolute Gasteiger partial charge is 0.315 e. The molecule has 90 valence electrons. The van der Waals surface area contributed by atoms with Gasteiger partial charge in [-0.2, -0.15) is 0 Å². The van der Waals surface area contributed by atoms with Gasteiger partial charge in [-0.3, -0.25) is 0 Å². The van der Waals surface area contributed by atoms with Crippen LogP contribution in [0.1, 0.15) is 25.5 Å². The summed E-state index contributed by atoms with van der Waals surface area (Å²) in [6, 6.07) is 3.25. The maximum atomic E-state index is 11.3. The number of furan rings is 1. The van der Waals surface area contributed by atoms with Gasteiger partial charge in [0.15, 0.2) is 0 Å². The quantitative estimate of drug-likeness (QED) is 0.683. The Morgan fingerprint density at radius 3 is 3.00 bits per heavy atom. The van der Waals surface area contributed by atoms with Crippen LogP contribution >= 0.6 is 0 Å². The zero-order chi connectivity index (χ0) is 11.8. The number of aliphatic hydroxyl groups excluding tert-OH is 1. The molecule has 2 amide bonds. The Balaban J connectivity index is 2.11. The van der Waals surface area contributed by atoms with Crippen molar-refractivity contribution in [2.75, 3.05) is 6.54 Å². The van der Waals surface area contributed by atoms with Gasteiger partial charge in [-0.1, -0.05) is 13.3 Å². The van der Waals surface area contributed by atoms with Crippen LogP contribution in [0.4, 0.5) is 4.79 Å². The lowest BCUT2D eigenvalue weighted by molar-refractivity contribution is 0.160. The number of aliphatic hydroxyl groups is 1. The van der Waals surface area contributed by atoms with E-state index in [4.69, 9.17) is 4.42 Å². The highest BCUT2D eigenvalue weighted by Crippen LogP contribution is 1.98. The molecule has 0 saturated carbocycles. The average Bonchev–Trinajstić information content (AvgIpc) is 2.77. The van der Waals surface area contributed by atoms with E-state index in [2.05, 4.69) is 10.6 Å². The van der Waals surface area contributed by atoms with Gasteiger partial charge >= 0.3 is 6.03 Å². The van der Waals surface area contributed by atoms with Gasteiger partial charge in [0.05, 0.1) is 18.9 Å². The highest BCUT2D eigenvalue weighted by atomic mass is 16.3. The first-order valence-electron chi connectivity index (χ1n) is 5.44. The highest BCUT2D eigenvalue weighted by molar-refractivity contribution is 5.73. The number of nitrogens with one attached hydrogen (secondary N) is 2. The van der Waals surface area contributed by atoms with E-state index in [1.54, 1.807) is 18.4 Å². The van der Waals surface area contributed by atoms with Crippen molar-refractivity contribution in [3.8, 4) is 0 Å². The number of hydrogen-bond acceptors (Lipinski definition) is 3. The number of urea groups is 1. The average molecular weight is 226 g/mol. The summed E-state index contributed by atoms with van der Waals surface area (Å²) in [6.07, 6.45) is 2.68. The van der Waals surface area contributed by atoms with Gasteiger partial charge < -0.3 is 20.2 Å². The lowest BCUT2D eigenvalue weighted by Crippen LogP contribution is -2.39. The number of carbonyl (C=O) groups excluding carboxylic acids is 1. The molecule has 0 fully saturated rings. The highest BCUT2D eigenvalue weighted by Gasteiger charge is 2.05. The normalized spacial score (nSPS) is 12.1. The second kappa shape index (κ2) is 6.90. The van der Waals surface area contributed by atoms with E-state index in [0.29, 0.717) is 18.7 Å². The largest absolute Gasteiger partial charge is 0.467 e. The molecule has 1 heterocycles. The van der Waals surface area contributed by atoms with Crippen molar-refractivity contribution < 1.29 is 14.3 Å². The molecule has 5 heteroatoms. The van der Waals surface area contributed by atoms with Crippen LogP contribution in [-0.2, 0) is 6.54 Å². The van der Waals surface area contributed by atoms with E-state index in [1.165, 1.54) is 0 Å². The maximum Gasteiger partial charge on any atom is 0.315 e. The molecule has 5 nitrogen and oxygen atoms in total. The summed E-state index contributed by atoms with van der Waals surface area (Å²) in [5, 5.41) is 14.6. The zero-order valence-electron chi connectivity index (χ0n) is 9.40. The van der Waals surface area contributed by atoms with Crippen molar-refractivity contribution in [3.05, 3.63) is 24.2 Å². The molecule has 0 aliphatic heterocycles. The number of carbonyl (C=O) groups is 1. The fourth-order valence-corrected chi connectivity index (χ4v) is 1.29. The van der Waals surface area contributed by atoms with E-state index >= 15 is 0 Å². The predicted octanol–water partition coefficient (Wildman–Crippen LogP) is 1.24. The molecule has 1 unspecified atom stereocenters. The summed E-state index contributed by atoms with van der Waals surface area (Å²) in [5.74, 6) is 0.698. The Bertz CT molecular complexity index is 298. The summed E-state index contributed by atoms with van der Waals surface area (Å²) in [7, 11) is 0. The third kappa shape index (κ3) is 4.84. The summed E-state index contributed by atoms with van der Waals surface area (Å²) in [4.78, 5) is 11.3. The first kappa shape index (κ1) is 12.6. The standard InChI is InChI=1S/C11H18N2O3/c1-2-4-9(14)7-12-11(15)13-8-10-5-3-6-16-10/h3,5-6,9,14H,2,4,7-8H2,1H3,(H2,12,13,15). The molecule has 1 aromatic rings. The second-order valence-electron chi connectivity index (χ2n) is 3.59. The van der Waals surface area contributed by atoms with Gasteiger partial charge in [0.2, 0.25) is 0 Å². The molecule has 1 rings (SSSR count). The molecule has 0 bridgehead atoms. The molecule has 1 aromatic heterocycles. The minimum Gasteiger partial charge on any atom is -0.467 e. The van der Waals surface area contributed by atoms with Crippen LogP contribution in [0, 0.1) is 0 Å². The minimum absolute atomic E-state index is 0.276. The molecule has 0 spiro atoms. The van der Waals surface area contributed by atoms with Crippen LogP contribution < -0.4 is 10.6 Å². The lowest BCUT2D eigenvalue weighted by Gasteiger charge is -2.10. The Kier molecular flexibility index (Phi) is 5.42. The van der Waals surface area contributed by atoms with Gasteiger partial charge in [0, 0.05) is 6.54 Å². The van der Waals surface area contributed by atoms with Crippen LogP contribution in [0.5, 0.6) is 0 Å². The van der Waals surface area contributed by atoms with Gasteiger partial charge in [0.1, 0.15) is 5.76 Å². The van der Waals surface area contributed by atoms with Crippen molar-refractivity contribution >= 4 is 6.03 Å². The molecule has 0 saturated heterocycles. The Morgan fingerprint density at radius 1 is 1.56 bits per heavy atom. The summed E-state index contributed by atoms with van der Waals surface area (Å²) < 4.78 is 5.06. The fourth-order valence-electron chi connectivity index (χ4n) is 1.29. The maximum absolute atomic E-state index is 11.3. The molecule has 16 heavy (non-hydrogen) atoms. The van der Waals surface area contributed by atoms with E-state index < -0.39 is 6.10 Å². The van der Waals surface area contributed by atoms with Crippen LogP contribution in [0.2, 0.25) is 0 Å². The monoisotopic (exact) mass is 226 g/mol. The number of rotatable bonds is 6. The molecular formula is C11H18N2O3. The third-order valence-corrected chi connectivity index (χ3v) is 2.12. The topological polar surface area (TPSA) is 74.5 Å². The Morgan fingerprint density at radius 2 is 2.38 bits per heavy atom.